The van der Waals surface area contributed by atoms with Gasteiger partial charge in [-0.05, 0) is 20.3 Å². The lowest BCUT2D eigenvalue weighted by Gasteiger charge is -2.10. The fourth-order valence-corrected chi connectivity index (χ4v) is 0.866. The van der Waals surface area contributed by atoms with Gasteiger partial charge < -0.3 is 9.47 Å². The third-order valence-corrected chi connectivity index (χ3v) is 1.48. The van der Waals surface area contributed by atoms with E-state index in [1.807, 2.05) is 6.92 Å². The van der Waals surface area contributed by atoms with Gasteiger partial charge in [-0.2, -0.15) is 0 Å². The van der Waals surface area contributed by atoms with E-state index in [9.17, 15) is 4.79 Å². The van der Waals surface area contributed by atoms with Gasteiger partial charge in [-0.15, -0.1) is 6.58 Å². The zero-order valence-electron chi connectivity index (χ0n) is 8.41. The number of hydrogen-bond donors (Lipinski definition) is 0. The average molecular weight is 186 g/mol. The normalized spacial score (nSPS) is 12.2. The van der Waals surface area contributed by atoms with Gasteiger partial charge >= 0.3 is 5.97 Å². The van der Waals surface area contributed by atoms with Crippen LogP contribution in [0.4, 0.5) is 0 Å². The smallest absolute Gasteiger partial charge is 0.308 e. The van der Waals surface area contributed by atoms with Gasteiger partial charge in [0.15, 0.2) is 0 Å². The van der Waals surface area contributed by atoms with Crippen LogP contribution in [0.15, 0.2) is 12.7 Å². The van der Waals surface area contributed by atoms with Crippen molar-refractivity contribution in [1.29, 1.82) is 0 Å². The quantitative estimate of drug-likeness (QED) is 0.346. The Morgan fingerprint density at radius 1 is 1.62 bits per heavy atom. The Bertz CT molecular complexity index is 154. The molecule has 0 aromatic carbocycles. The zero-order valence-corrected chi connectivity index (χ0v) is 8.41. The molecule has 13 heavy (non-hydrogen) atoms. The van der Waals surface area contributed by atoms with Crippen molar-refractivity contribution in [3.05, 3.63) is 12.7 Å². The van der Waals surface area contributed by atoms with Crippen LogP contribution >= 0.6 is 0 Å². The Morgan fingerprint density at radius 2 is 2.31 bits per heavy atom. The summed E-state index contributed by atoms with van der Waals surface area (Å²) in [4.78, 5) is 11.0. The predicted octanol–water partition coefficient (Wildman–Crippen LogP) is 1.92. The van der Waals surface area contributed by atoms with Crippen LogP contribution in [0, 0.1) is 0 Å². The monoisotopic (exact) mass is 186 g/mol. The fraction of sp³-hybridized carbons (Fsp3) is 0.700. The third-order valence-electron chi connectivity index (χ3n) is 1.48. The zero-order chi connectivity index (χ0) is 10.1. The standard InChI is InChI=1S/C10H18O3/c1-4-6-7-13-9(3)8-10(11)12-5-2/h4,9H,1,5-8H2,2-3H3. The highest BCUT2D eigenvalue weighted by Crippen LogP contribution is 2.00. The molecule has 0 spiro atoms. The summed E-state index contributed by atoms with van der Waals surface area (Å²) >= 11 is 0. The van der Waals surface area contributed by atoms with E-state index < -0.39 is 0 Å². The molecule has 0 heterocycles. The fourth-order valence-electron chi connectivity index (χ4n) is 0.866. The molecule has 0 rings (SSSR count). The Labute approximate surface area is 79.7 Å². The van der Waals surface area contributed by atoms with Gasteiger partial charge in [0, 0.05) is 0 Å². The second-order valence-electron chi connectivity index (χ2n) is 2.77. The summed E-state index contributed by atoms with van der Waals surface area (Å²) in [5.74, 6) is -0.200. The van der Waals surface area contributed by atoms with Crippen molar-refractivity contribution < 1.29 is 14.3 Å². The van der Waals surface area contributed by atoms with Crippen molar-refractivity contribution in [2.45, 2.75) is 32.8 Å². The molecule has 0 aliphatic heterocycles. The minimum Gasteiger partial charge on any atom is -0.466 e. The number of carbonyl (C=O) groups is 1. The lowest BCUT2D eigenvalue weighted by Crippen LogP contribution is -2.16. The predicted molar refractivity (Wildman–Crippen MR) is 51.5 cm³/mol. The van der Waals surface area contributed by atoms with Crippen LogP contribution in [0.5, 0.6) is 0 Å². The van der Waals surface area contributed by atoms with E-state index in [0.717, 1.165) is 6.42 Å². The first-order valence-electron chi connectivity index (χ1n) is 4.58. The molecule has 3 heteroatoms. The topological polar surface area (TPSA) is 35.5 Å². The van der Waals surface area contributed by atoms with E-state index in [1.165, 1.54) is 0 Å². The molecule has 0 aromatic heterocycles. The molecule has 3 nitrogen and oxygen atoms in total. The van der Waals surface area contributed by atoms with Crippen molar-refractivity contribution in [3.8, 4) is 0 Å². The lowest BCUT2D eigenvalue weighted by atomic mass is 10.3. The largest absolute Gasteiger partial charge is 0.466 e. The van der Waals surface area contributed by atoms with Crippen molar-refractivity contribution in [3.63, 3.8) is 0 Å². The molecule has 0 amide bonds. The lowest BCUT2D eigenvalue weighted by molar-refractivity contribution is -0.145. The van der Waals surface area contributed by atoms with Crippen LogP contribution in [0.2, 0.25) is 0 Å². The maximum Gasteiger partial charge on any atom is 0.308 e. The average Bonchev–Trinajstić information content (AvgIpc) is 2.05. The molecule has 0 aliphatic carbocycles. The van der Waals surface area contributed by atoms with Crippen molar-refractivity contribution in [2.24, 2.45) is 0 Å². The summed E-state index contributed by atoms with van der Waals surface area (Å²) in [5, 5.41) is 0. The van der Waals surface area contributed by atoms with E-state index in [0.29, 0.717) is 19.6 Å². The molecule has 0 N–H and O–H groups in total. The molecule has 0 saturated carbocycles. The molecule has 0 aliphatic rings. The first kappa shape index (κ1) is 12.2. The summed E-state index contributed by atoms with van der Waals surface area (Å²) < 4.78 is 10.1. The van der Waals surface area contributed by atoms with Crippen molar-refractivity contribution in [1.82, 2.24) is 0 Å². The number of ether oxygens (including phenoxy) is 2. The van der Waals surface area contributed by atoms with E-state index in [1.54, 1.807) is 13.0 Å². The summed E-state index contributed by atoms with van der Waals surface area (Å²) in [6.07, 6.45) is 2.86. The molecule has 0 aromatic rings. The van der Waals surface area contributed by atoms with Gasteiger partial charge in [0.2, 0.25) is 0 Å². The Kier molecular flexibility index (Phi) is 7.30. The van der Waals surface area contributed by atoms with Gasteiger partial charge in [-0.1, -0.05) is 6.08 Å². The van der Waals surface area contributed by atoms with Crippen LogP contribution in [-0.4, -0.2) is 25.3 Å². The highest BCUT2D eigenvalue weighted by molar-refractivity contribution is 5.69. The molecule has 0 radical (unpaired) electrons. The van der Waals surface area contributed by atoms with Gasteiger partial charge in [0.25, 0.3) is 0 Å². The van der Waals surface area contributed by atoms with Crippen LogP contribution in [0.25, 0.3) is 0 Å². The highest BCUT2D eigenvalue weighted by atomic mass is 16.5. The number of carbonyl (C=O) groups excluding carboxylic acids is 1. The number of hydrogen-bond acceptors (Lipinski definition) is 3. The number of rotatable bonds is 7. The maximum absolute atomic E-state index is 11.0. The molecule has 76 valence electrons. The first-order valence-corrected chi connectivity index (χ1v) is 4.58. The highest BCUT2D eigenvalue weighted by Gasteiger charge is 2.09. The second kappa shape index (κ2) is 7.80. The molecule has 0 saturated heterocycles. The minimum atomic E-state index is -0.200. The van der Waals surface area contributed by atoms with Gasteiger partial charge in [-0.3, -0.25) is 4.79 Å². The summed E-state index contributed by atoms with van der Waals surface area (Å²) in [6.45, 7) is 8.27. The summed E-state index contributed by atoms with van der Waals surface area (Å²) in [7, 11) is 0. The summed E-state index contributed by atoms with van der Waals surface area (Å²) in [6, 6.07) is 0. The van der Waals surface area contributed by atoms with Gasteiger partial charge in [-0.25, -0.2) is 0 Å². The molecule has 1 atom stereocenters. The van der Waals surface area contributed by atoms with E-state index in [4.69, 9.17) is 9.47 Å². The van der Waals surface area contributed by atoms with Crippen LogP contribution in [-0.2, 0) is 14.3 Å². The first-order chi connectivity index (χ1) is 6.20. The molecule has 0 fully saturated rings. The Morgan fingerprint density at radius 3 is 2.85 bits per heavy atom. The van der Waals surface area contributed by atoms with Gasteiger partial charge in [0.1, 0.15) is 0 Å². The van der Waals surface area contributed by atoms with E-state index >= 15 is 0 Å². The van der Waals surface area contributed by atoms with Crippen LogP contribution in [0.1, 0.15) is 26.7 Å². The van der Waals surface area contributed by atoms with Gasteiger partial charge in [0.05, 0.1) is 25.7 Å². The molecule has 1 unspecified atom stereocenters. The second-order valence-corrected chi connectivity index (χ2v) is 2.77. The summed E-state index contributed by atoms with van der Waals surface area (Å²) in [5.41, 5.74) is 0. The van der Waals surface area contributed by atoms with Crippen LogP contribution < -0.4 is 0 Å². The van der Waals surface area contributed by atoms with E-state index in [-0.39, 0.29) is 12.1 Å². The Hall–Kier alpha value is -0.830. The minimum absolute atomic E-state index is 0.0704. The Balaban J connectivity index is 3.43. The van der Waals surface area contributed by atoms with Crippen LogP contribution in [0.3, 0.4) is 0 Å². The van der Waals surface area contributed by atoms with Crippen molar-refractivity contribution >= 4 is 5.97 Å². The SMILES string of the molecule is C=CCCOC(C)CC(=O)OCC. The van der Waals surface area contributed by atoms with Crippen molar-refractivity contribution in [2.75, 3.05) is 13.2 Å². The maximum atomic E-state index is 11.0. The van der Waals surface area contributed by atoms with E-state index in [2.05, 4.69) is 6.58 Å². The number of esters is 1. The molecular weight excluding hydrogens is 168 g/mol. The molecular formula is C10H18O3. The third kappa shape index (κ3) is 7.53. The molecule has 0 bridgehead atoms.